The van der Waals surface area contributed by atoms with Crippen molar-refractivity contribution in [3.63, 3.8) is 0 Å². The average molecular weight is 363 g/mol. The Bertz CT molecular complexity index is 376. The van der Waals surface area contributed by atoms with Gasteiger partial charge in [0.15, 0.2) is 0 Å². The van der Waals surface area contributed by atoms with Crippen LogP contribution in [0.2, 0.25) is 36.3 Å². The summed E-state index contributed by atoms with van der Waals surface area (Å²) in [5.74, 6) is 0. The first-order valence-corrected chi connectivity index (χ1v) is 15.5. The lowest BCUT2D eigenvalue weighted by Gasteiger charge is -2.24. The third kappa shape index (κ3) is 7.10. The molecule has 138 valence electrons. The molecule has 0 aromatic heterocycles. The van der Waals surface area contributed by atoms with E-state index in [0.717, 1.165) is 12.8 Å². The summed E-state index contributed by atoms with van der Waals surface area (Å²) in [5.41, 5.74) is 7.53. The van der Waals surface area contributed by atoms with Gasteiger partial charge in [0, 0.05) is 0 Å². The van der Waals surface area contributed by atoms with Crippen LogP contribution in [0, 0.1) is 0 Å². The predicted octanol–water partition coefficient (Wildman–Crippen LogP) is 8.09. The van der Waals surface area contributed by atoms with Crippen LogP contribution in [0.15, 0.2) is 47.9 Å². The molecule has 0 heterocycles. The average Bonchev–Trinajstić information content (AvgIpc) is 2.63. The van der Waals surface area contributed by atoms with Crippen LogP contribution in [0.25, 0.3) is 0 Å². The summed E-state index contributed by atoms with van der Waals surface area (Å²) >= 11 is 0. The molecule has 0 saturated carbocycles. The van der Waals surface area contributed by atoms with Gasteiger partial charge < -0.3 is 0 Å². The van der Waals surface area contributed by atoms with Gasteiger partial charge in [0.05, 0.1) is 16.1 Å². The van der Waals surface area contributed by atoms with E-state index in [1.807, 2.05) is 0 Å². The van der Waals surface area contributed by atoms with Crippen molar-refractivity contribution in [1.82, 2.24) is 0 Å². The zero-order valence-electron chi connectivity index (χ0n) is 17.4. The van der Waals surface area contributed by atoms with Crippen molar-refractivity contribution < 1.29 is 0 Å². The Morgan fingerprint density at radius 3 is 1.04 bits per heavy atom. The molecule has 0 N–H and O–H groups in total. The fourth-order valence-corrected chi connectivity index (χ4v) is 9.05. The smallest absolute Gasteiger partial charge is 0.0766 e. The van der Waals surface area contributed by atoms with Gasteiger partial charge in [-0.1, -0.05) is 115 Å². The third-order valence-corrected chi connectivity index (χ3v) is 16.7. The SMILES string of the molecule is C=C(C/C=C/[Si](CC)(CC)CC)C(=C)C/C=C/[Si](CC)(CC)CC. The van der Waals surface area contributed by atoms with Crippen LogP contribution < -0.4 is 0 Å². The maximum absolute atomic E-state index is 4.27. The maximum Gasteiger partial charge on any atom is 0.0766 e. The van der Waals surface area contributed by atoms with Gasteiger partial charge in [-0.25, -0.2) is 0 Å². The Balaban J connectivity index is 4.62. The van der Waals surface area contributed by atoms with E-state index in [4.69, 9.17) is 0 Å². The predicted molar refractivity (Wildman–Crippen MR) is 120 cm³/mol. The second-order valence-corrected chi connectivity index (χ2v) is 17.6. The van der Waals surface area contributed by atoms with Crippen molar-refractivity contribution in [3.8, 4) is 0 Å². The van der Waals surface area contributed by atoms with E-state index in [-0.39, 0.29) is 0 Å². The molecule has 0 fully saturated rings. The molecule has 0 aliphatic rings. The van der Waals surface area contributed by atoms with Crippen molar-refractivity contribution in [2.24, 2.45) is 0 Å². The van der Waals surface area contributed by atoms with Crippen molar-refractivity contribution in [2.75, 3.05) is 0 Å². The van der Waals surface area contributed by atoms with Crippen molar-refractivity contribution in [2.45, 2.75) is 90.6 Å². The van der Waals surface area contributed by atoms with Gasteiger partial charge in [-0.3, -0.25) is 0 Å². The van der Waals surface area contributed by atoms with E-state index < -0.39 is 16.1 Å². The highest BCUT2D eigenvalue weighted by molar-refractivity contribution is 6.84. The zero-order chi connectivity index (χ0) is 18.6. The van der Waals surface area contributed by atoms with E-state index in [9.17, 15) is 0 Å². The Labute approximate surface area is 154 Å². The molecular formula is C22H42Si2. The fourth-order valence-electron chi connectivity index (χ4n) is 3.40. The molecule has 0 spiro atoms. The van der Waals surface area contributed by atoms with Gasteiger partial charge in [-0.05, 0) is 24.0 Å². The molecule has 0 radical (unpaired) electrons. The molecule has 0 amide bonds. The van der Waals surface area contributed by atoms with Gasteiger partial charge in [0.1, 0.15) is 0 Å². The van der Waals surface area contributed by atoms with Crippen LogP contribution in [-0.4, -0.2) is 16.1 Å². The van der Waals surface area contributed by atoms with Crippen LogP contribution in [0.5, 0.6) is 0 Å². The van der Waals surface area contributed by atoms with Gasteiger partial charge in [-0.15, -0.1) is 0 Å². The first kappa shape index (κ1) is 23.4. The standard InChI is InChI=1S/C22H42Si2/c1-9-23(10-2,11-3)19-15-17-21(7)22(8)18-16-20-24(12-4,13-5)14-6/h15-16,19-20H,7-14,17-18H2,1-6H3/b19-15+,20-16+. The molecule has 0 nitrogen and oxygen atoms in total. The summed E-state index contributed by atoms with van der Waals surface area (Å²) in [6.45, 7) is 22.7. The molecule has 2 heteroatoms. The highest BCUT2D eigenvalue weighted by atomic mass is 28.3. The molecule has 0 atom stereocenters. The minimum absolute atomic E-state index is 0.972. The summed E-state index contributed by atoms with van der Waals surface area (Å²) in [4.78, 5) is 0. The summed E-state index contributed by atoms with van der Waals surface area (Å²) in [7, 11) is -2.29. The lowest BCUT2D eigenvalue weighted by molar-refractivity contribution is 1.14. The summed E-state index contributed by atoms with van der Waals surface area (Å²) in [6.07, 6.45) is 6.70. The Kier molecular flexibility index (Phi) is 11.6. The quantitative estimate of drug-likeness (QED) is 0.229. The molecule has 0 rings (SSSR count). The van der Waals surface area contributed by atoms with Crippen molar-refractivity contribution >= 4 is 16.1 Å². The summed E-state index contributed by atoms with van der Waals surface area (Å²) in [5, 5.41) is 0. The Morgan fingerprint density at radius 1 is 0.583 bits per heavy atom. The van der Waals surface area contributed by atoms with Crippen LogP contribution in [0.4, 0.5) is 0 Å². The minimum Gasteiger partial charge on any atom is -0.0978 e. The van der Waals surface area contributed by atoms with Crippen LogP contribution in [0.3, 0.4) is 0 Å². The van der Waals surface area contributed by atoms with E-state index >= 15 is 0 Å². The molecule has 0 bridgehead atoms. The molecule has 24 heavy (non-hydrogen) atoms. The first-order chi connectivity index (χ1) is 11.4. The second-order valence-electron chi connectivity index (χ2n) is 7.27. The van der Waals surface area contributed by atoms with Gasteiger partial charge in [-0.2, -0.15) is 0 Å². The molecule has 0 saturated heterocycles. The lowest BCUT2D eigenvalue weighted by Crippen LogP contribution is -2.28. The number of hydrogen-bond donors (Lipinski definition) is 0. The second kappa shape index (κ2) is 11.9. The van der Waals surface area contributed by atoms with Crippen LogP contribution >= 0.6 is 0 Å². The van der Waals surface area contributed by atoms with Crippen LogP contribution in [-0.2, 0) is 0 Å². The molecule has 0 aromatic carbocycles. The van der Waals surface area contributed by atoms with E-state index in [0.29, 0.717) is 0 Å². The molecular weight excluding hydrogens is 320 g/mol. The highest BCUT2D eigenvalue weighted by Gasteiger charge is 2.23. The van der Waals surface area contributed by atoms with Gasteiger partial charge in [0.2, 0.25) is 0 Å². The van der Waals surface area contributed by atoms with E-state index in [2.05, 4.69) is 78.3 Å². The maximum atomic E-state index is 4.27. The normalized spacial score (nSPS) is 13.1. The molecule has 0 unspecified atom stereocenters. The Morgan fingerprint density at radius 2 is 0.833 bits per heavy atom. The van der Waals surface area contributed by atoms with Crippen molar-refractivity contribution in [1.29, 1.82) is 0 Å². The third-order valence-electron chi connectivity index (χ3n) is 6.40. The molecule has 0 aliphatic carbocycles. The lowest BCUT2D eigenvalue weighted by atomic mass is 10.0. The van der Waals surface area contributed by atoms with E-state index in [1.54, 1.807) is 0 Å². The number of allylic oxidation sites excluding steroid dienone is 4. The molecule has 0 aromatic rings. The monoisotopic (exact) mass is 362 g/mol. The highest BCUT2D eigenvalue weighted by Crippen LogP contribution is 2.24. The molecule has 0 aliphatic heterocycles. The topological polar surface area (TPSA) is 0 Å². The summed E-state index contributed by atoms with van der Waals surface area (Å²) in [6, 6.07) is 8.11. The summed E-state index contributed by atoms with van der Waals surface area (Å²) < 4.78 is 0. The fraction of sp³-hybridized carbons (Fsp3) is 0.636. The minimum atomic E-state index is -1.14. The number of rotatable bonds is 13. The van der Waals surface area contributed by atoms with Crippen LogP contribution in [0.1, 0.15) is 54.4 Å². The largest absolute Gasteiger partial charge is 0.0978 e. The van der Waals surface area contributed by atoms with Gasteiger partial charge in [0.25, 0.3) is 0 Å². The zero-order valence-corrected chi connectivity index (χ0v) is 19.4. The first-order valence-electron chi connectivity index (χ1n) is 10.1. The van der Waals surface area contributed by atoms with E-state index in [1.165, 1.54) is 47.4 Å². The number of hydrogen-bond acceptors (Lipinski definition) is 0. The Hall–Kier alpha value is -0.606. The van der Waals surface area contributed by atoms with Gasteiger partial charge >= 0.3 is 0 Å². The van der Waals surface area contributed by atoms with Crippen molar-refractivity contribution in [3.05, 3.63) is 47.9 Å².